The zero-order chi connectivity index (χ0) is 14.7. The van der Waals surface area contributed by atoms with Crippen LogP contribution in [-0.2, 0) is 0 Å². The summed E-state index contributed by atoms with van der Waals surface area (Å²) in [5, 5.41) is 4.73. The molecule has 0 atom stereocenters. The SMILES string of the molecule is Cc1nc(NC(=O)Nc2ccc(F)cc2F)ccc1Br. The van der Waals surface area contributed by atoms with Gasteiger partial charge in [0.15, 0.2) is 0 Å². The number of urea groups is 1. The first-order valence-corrected chi connectivity index (χ1v) is 6.41. The number of carbonyl (C=O) groups is 1. The van der Waals surface area contributed by atoms with Gasteiger partial charge in [-0.05, 0) is 47.1 Å². The Morgan fingerprint density at radius 3 is 2.60 bits per heavy atom. The van der Waals surface area contributed by atoms with Gasteiger partial charge < -0.3 is 5.32 Å². The molecule has 0 saturated carbocycles. The van der Waals surface area contributed by atoms with E-state index in [9.17, 15) is 13.6 Å². The molecule has 0 spiro atoms. The van der Waals surface area contributed by atoms with E-state index in [0.717, 1.165) is 16.6 Å². The second kappa shape index (κ2) is 5.96. The average molecular weight is 342 g/mol. The number of hydrogen-bond acceptors (Lipinski definition) is 2. The number of amides is 2. The monoisotopic (exact) mass is 341 g/mol. The van der Waals surface area contributed by atoms with Gasteiger partial charge in [0.05, 0.1) is 11.4 Å². The largest absolute Gasteiger partial charge is 0.324 e. The van der Waals surface area contributed by atoms with Crippen molar-refractivity contribution in [2.45, 2.75) is 6.92 Å². The van der Waals surface area contributed by atoms with Crippen molar-refractivity contribution < 1.29 is 13.6 Å². The number of nitrogens with zero attached hydrogens (tertiary/aromatic N) is 1. The molecule has 4 nitrogen and oxygen atoms in total. The van der Waals surface area contributed by atoms with Gasteiger partial charge in [-0.2, -0.15) is 0 Å². The Labute approximate surface area is 122 Å². The standard InChI is InChI=1S/C13H10BrF2N3O/c1-7-9(14)3-5-12(17-7)19-13(20)18-11-4-2-8(15)6-10(11)16/h2-6H,1H3,(H2,17,18,19,20). The Morgan fingerprint density at radius 1 is 1.20 bits per heavy atom. The van der Waals surface area contributed by atoms with Crippen LogP contribution in [0.15, 0.2) is 34.8 Å². The van der Waals surface area contributed by atoms with Crippen molar-refractivity contribution in [3.8, 4) is 0 Å². The van der Waals surface area contributed by atoms with Gasteiger partial charge in [0.2, 0.25) is 0 Å². The van der Waals surface area contributed by atoms with Crippen LogP contribution in [-0.4, -0.2) is 11.0 Å². The highest BCUT2D eigenvalue weighted by atomic mass is 79.9. The summed E-state index contributed by atoms with van der Waals surface area (Å²) in [6.07, 6.45) is 0. The number of carbonyl (C=O) groups excluding carboxylic acids is 1. The molecule has 7 heteroatoms. The molecule has 1 aromatic heterocycles. The Balaban J connectivity index is 2.07. The first-order chi connectivity index (χ1) is 9.45. The topological polar surface area (TPSA) is 54.0 Å². The molecule has 20 heavy (non-hydrogen) atoms. The Hall–Kier alpha value is -2.02. The summed E-state index contributed by atoms with van der Waals surface area (Å²) in [7, 11) is 0. The number of nitrogens with one attached hydrogen (secondary N) is 2. The van der Waals surface area contributed by atoms with E-state index in [2.05, 4.69) is 31.5 Å². The first-order valence-electron chi connectivity index (χ1n) is 5.62. The van der Waals surface area contributed by atoms with E-state index in [0.29, 0.717) is 17.6 Å². The molecule has 104 valence electrons. The lowest BCUT2D eigenvalue weighted by atomic mass is 10.3. The summed E-state index contributed by atoms with van der Waals surface area (Å²) in [5.41, 5.74) is 0.591. The van der Waals surface area contributed by atoms with Crippen LogP contribution in [0.4, 0.5) is 25.1 Å². The van der Waals surface area contributed by atoms with E-state index >= 15 is 0 Å². The van der Waals surface area contributed by atoms with E-state index in [1.807, 2.05) is 0 Å². The van der Waals surface area contributed by atoms with Gasteiger partial charge in [-0.3, -0.25) is 5.32 Å². The number of rotatable bonds is 2. The molecule has 2 rings (SSSR count). The van der Waals surface area contributed by atoms with E-state index < -0.39 is 17.7 Å². The average Bonchev–Trinajstić information content (AvgIpc) is 2.37. The van der Waals surface area contributed by atoms with Crippen molar-refractivity contribution >= 4 is 33.5 Å². The van der Waals surface area contributed by atoms with E-state index in [4.69, 9.17) is 0 Å². The van der Waals surface area contributed by atoms with Gasteiger partial charge >= 0.3 is 6.03 Å². The highest BCUT2D eigenvalue weighted by Crippen LogP contribution is 2.17. The fraction of sp³-hybridized carbons (Fsp3) is 0.0769. The number of benzene rings is 1. The summed E-state index contributed by atoms with van der Waals surface area (Å²) in [5.74, 6) is -1.23. The van der Waals surface area contributed by atoms with Crippen LogP contribution in [0.1, 0.15) is 5.69 Å². The molecule has 1 aromatic carbocycles. The van der Waals surface area contributed by atoms with Crippen LogP contribution in [0.2, 0.25) is 0 Å². The lowest BCUT2D eigenvalue weighted by Crippen LogP contribution is -2.21. The predicted molar refractivity (Wildman–Crippen MR) is 75.7 cm³/mol. The van der Waals surface area contributed by atoms with Gasteiger partial charge in [0, 0.05) is 10.5 Å². The summed E-state index contributed by atoms with van der Waals surface area (Å²) in [6, 6.07) is 5.56. The molecule has 1 heterocycles. The Kier molecular flexibility index (Phi) is 4.29. The fourth-order valence-corrected chi connectivity index (χ4v) is 1.70. The van der Waals surface area contributed by atoms with E-state index in [-0.39, 0.29) is 5.69 Å². The molecule has 0 aliphatic heterocycles. The first kappa shape index (κ1) is 14.4. The van der Waals surface area contributed by atoms with Crippen molar-refractivity contribution in [3.05, 3.63) is 52.1 Å². The Bertz CT molecular complexity index is 664. The third kappa shape index (κ3) is 3.51. The molecule has 2 amide bonds. The molecule has 0 unspecified atom stereocenters. The highest BCUT2D eigenvalue weighted by molar-refractivity contribution is 9.10. The maximum Gasteiger partial charge on any atom is 0.324 e. The number of pyridine rings is 1. The molecule has 0 bridgehead atoms. The van der Waals surface area contributed by atoms with Gasteiger partial charge in [0.1, 0.15) is 17.5 Å². The van der Waals surface area contributed by atoms with Crippen LogP contribution >= 0.6 is 15.9 Å². The minimum atomic E-state index is -0.847. The molecule has 2 aromatic rings. The van der Waals surface area contributed by atoms with Crippen LogP contribution in [0, 0.1) is 18.6 Å². The summed E-state index contributed by atoms with van der Waals surface area (Å²) in [4.78, 5) is 15.8. The predicted octanol–water partition coefficient (Wildman–Crippen LogP) is 4.07. The maximum atomic E-state index is 13.4. The molecule has 2 N–H and O–H groups in total. The molecule has 0 aliphatic carbocycles. The summed E-state index contributed by atoms with van der Waals surface area (Å²) >= 11 is 3.29. The molecule has 0 aliphatic rings. The Morgan fingerprint density at radius 2 is 1.95 bits per heavy atom. The highest BCUT2D eigenvalue weighted by Gasteiger charge is 2.09. The van der Waals surface area contributed by atoms with Gasteiger partial charge in [-0.15, -0.1) is 0 Å². The number of hydrogen-bond donors (Lipinski definition) is 2. The van der Waals surface area contributed by atoms with Crippen molar-refractivity contribution in [2.75, 3.05) is 10.6 Å². The smallest absolute Gasteiger partial charge is 0.305 e. The third-order valence-electron chi connectivity index (χ3n) is 2.44. The maximum absolute atomic E-state index is 13.4. The second-order valence-corrected chi connectivity index (χ2v) is 4.82. The number of aromatic nitrogens is 1. The zero-order valence-corrected chi connectivity index (χ0v) is 12.0. The molecular formula is C13H10BrF2N3O. The lowest BCUT2D eigenvalue weighted by molar-refractivity contribution is 0.262. The van der Waals surface area contributed by atoms with Crippen LogP contribution in [0.3, 0.4) is 0 Å². The summed E-state index contributed by atoms with van der Waals surface area (Å²) < 4.78 is 26.9. The molecular weight excluding hydrogens is 332 g/mol. The minimum Gasteiger partial charge on any atom is -0.305 e. The zero-order valence-electron chi connectivity index (χ0n) is 10.4. The molecule has 0 radical (unpaired) electrons. The van der Waals surface area contributed by atoms with Crippen molar-refractivity contribution in [1.82, 2.24) is 4.98 Å². The van der Waals surface area contributed by atoms with Gasteiger partial charge in [-0.25, -0.2) is 18.6 Å². The summed E-state index contributed by atoms with van der Waals surface area (Å²) in [6.45, 7) is 1.77. The number of aryl methyl sites for hydroxylation is 1. The molecule has 0 fully saturated rings. The third-order valence-corrected chi connectivity index (χ3v) is 3.28. The van der Waals surface area contributed by atoms with E-state index in [1.54, 1.807) is 19.1 Å². The van der Waals surface area contributed by atoms with Crippen molar-refractivity contribution in [2.24, 2.45) is 0 Å². The number of anilines is 2. The van der Waals surface area contributed by atoms with Crippen molar-refractivity contribution in [3.63, 3.8) is 0 Å². The van der Waals surface area contributed by atoms with Gasteiger partial charge in [0.25, 0.3) is 0 Å². The van der Waals surface area contributed by atoms with Crippen LogP contribution in [0.25, 0.3) is 0 Å². The number of halogens is 3. The second-order valence-electron chi connectivity index (χ2n) is 3.97. The molecule has 0 saturated heterocycles. The van der Waals surface area contributed by atoms with Crippen LogP contribution in [0.5, 0.6) is 0 Å². The minimum absolute atomic E-state index is 0.113. The fourth-order valence-electron chi connectivity index (χ4n) is 1.47. The van der Waals surface area contributed by atoms with Crippen molar-refractivity contribution in [1.29, 1.82) is 0 Å². The quantitative estimate of drug-likeness (QED) is 0.864. The lowest BCUT2D eigenvalue weighted by Gasteiger charge is -2.08. The normalized spacial score (nSPS) is 10.2. The van der Waals surface area contributed by atoms with Gasteiger partial charge in [-0.1, -0.05) is 0 Å². The van der Waals surface area contributed by atoms with E-state index in [1.165, 1.54) is 0 Å². The van der Waals surface area contributed by atoms with Crippen LogP contribution < -0.4 is 10.6 Å².